The zero-order valence-electron chi connectivity index (χ0n) is 15.3. The van der Waals surface area contributed by atoms with E-state index in [-0.39, 0.29) is 18.7 Å². The second kappa shape index (κ2) is 7.96. The Morgan fingerprint density at radius 1 is 1.11 bits per heavy atom. The molecule has 2 heterocycles. The lowest BCUT2D eigenvalue weighted by atomic mass is 10.1. The SMILES string of the molecule is Cc1cc(Oc2ncccn2)ccc1NC(=O)CCc1ccc2c(c1)OCO2. The first kappa shape index (κ1) is 17.8. The molecule has 2 aromatic carbocycles. The number of nitrogens with one attached hydrogen (secondary N) is 1. The van der Waals surface area contributed by atoms with Crippen LogP contribution >= 0.6 is 0 Å². The van der Waals surface area contributed by atoms with Gasteiger partial charge in [-0.15, -0.1) is 0 Å². The molecular weight excluding hydrogens is 358 g/mol. The first-order chi connectivity index (χ1) is 13.7. The Labute approximate surface area is 162 Å². The van der Waals surface area contributed by atoms with Gasteiger partial charge in [-0.25, -0.2) is 9.97 Å². The molecule has 0 spiro atoms. The molecule has 7 heteroatoms. The van der Waals surface area contributed by atoms with Crippen molar-refractivity contribution in [3.05, 3.63) is 66.0 Å². The number of nitrogens with zero attached hydrogens (tertiary/aromatic N) is 2. The molecule has 0 saturated carbocycles. The Hall–Kier alpha value is -3.61. The van der Waals surface area contributed by atoms with Gasteiger partial charge in [0.15, 0.2) is 11.5 Å². The molecular formula is C21H19N3O4. The molecule has 1 N–H and O–H groups in total. The number of hydrogen-bond donors (Lipinski definition) is 1. The Bertz CT molecular complexity index is 992. The number of hydrogen-bond acceptors (Lipinski definition) is 6. The summed E-state index contributed by atoms with van der Waals surface area (Å²) in [6.45, 7) is 2.15. The average Bonchev–Trinajstić information content (AvgIpc) is 3.17. The van der Waals surface area contributed by atoms with Crippen LogP contribution in [-0.4, -0.2) is 22.7 Å². The van der Waals surface area contributed by atoms with Gasteiger partial charge in [-0.2, -0.15) is 0 Å². The highest BCUT2D eigenvalue weighted by molar-refractivity contribution is 5.91. The highest BCUT2D eigenvalue weighted by Crippen LogP contribution is 2.32. The monoisotopic (exact) mass is 377 g/mol. The van der Waals surface area contributed by atoms with Gasteiger partial charge in [0, 0.05) is 24.5 Å². The average molecular weight is 377 g/mol. The minimum atomic E-state index is -0.0548. The molecule has 142 valence electrons. The van der Waals surface area contributed by atoms with Crippen LogP contribution in [0.3, 0.4) is 0 Å². The molecule has 1 amide bonds. The first-order valence-corrected chi connectivity index (χ1v) is 8.91. The normalized spacial score (nSPS) is 11.9. The van der Waals surface area contributed by atoms with E-state index in [1.807, 2.05) is 37.3 Å². The van der Waals surface area contributed by atoms with Crippen molar-refractivity contribution in [2.24, 2.45) is 0 Å². The molecule has 0 fully saturated rings. The van der Waals surface area contributed by atoms with Crippen LogP contribution in [0.2, 0.25) is 0 Å². The maximum absolute atomic E-state index is 12.3. The van der Waals surface area contributed by atoms with Gasteiger partial charge >= 0.3 is 6.01 Å². The summed E-state index contributed by atoms with van der Waals surface area (Å²) < 4.78 is 16.3. The van der Waals surface area contributed by atoms with Crippen LogP contribution in [0.4, 0.5) is 5.69 Å². The first-order valence-electron chi connectivity index (χ1n) is 8.91. The fraction of sp³-hybridized carbons (Fsp3) is 0.190. The molecule has 7 nitrogen and oxygen atoms in total. The fourth-order valence-electron chi connectivity index (χ4n) is 2.85. The molecule has 1 aliphatic heterocycles. The van der Waals surface area contributed by atoms with Crippen LogP contribution in [0.1, 0.15) is 17.5 Å². The van der Waals surface area contributed by atoms with Crippen molar-refractivity contribution in [2.75, 3.05) is 12.1 Å². The van der Waals surface area contributed by atoms with Crippen LogP contribution in [0.25, 0.3) is 0 Å². The number of rotatable bonds is 6. The Kier molecular flexibility index (Phi) is 5.05. The summed E-state index contributed by atoms with van der Waals surface area (Å²) in [5, 5.41) is 2.94. The third kappa shape index (κ3) is 4.20. The van der Waals surface area contributed by atoms with Gasteiger partial charge in [-0.05, 0) is 60.9 Å². The number of carbonyl (C=O) groups is 1. The number of anilines is 1. The second-order valence-corrected chi connectivity index (χ2v) is 6.35. The predicted molar refractivity (Wildman–Crippen MR) is 103 cm³/mol. The predicted octanol–water partition coefficient (Wildman–Crippen LogP) is 3.88. The Balaban J connectivity index is 1.34. The Morgan fingerprint density at radius 2 is 1.93 bits per heavy atom. The lowest BCUT2D eigenvalue weighted by molar-refractivity contribution is -0.116. The fourth-order valence-corrected chi connectivity index (χ4v) is 2.85. The standard InChI is InChI=1S/C21H19N3O4/c1-14-11-16(28-21-22-9-2-10-23-21)5-6-17(14)24-20(25)8-4-15-3-7-18-19(12-15)27-13-26-18/h2-3,5-7,9-12H,4,8,13H2,1H3,(H,24,25). The number of fused-ring (bicyclic) bond motifs is 1. The van der Waals surface area contributed by atoms with Gasteiger partial charge in [-0.1, -0.05) is 6.07 Å². The van der Waals surface area contributed by atoms with E-state index in [1.165, 1.54) is 0 Å². The lowest BCUT2D eigenvalue weighted by Crippen LogP contribution is -2.13. The van der Waals surface area contributed by atoms with Gasteiger partial charge in [-0.3, -0.25) is 4.79 Å². The third-order valence-corrected chi connectivity index (χ3v) is 4.30. The van der Waals surface area contributed by atoms with Crippen molar-refractivity contribution < 1.29 is 19.0 Å². The van der Waals surface area contributed by atoms with Gasteiger partial charge in [0.1, 0.15) is 5.75 Å². The van der Waals surface area contributed by atoms with Gasteiger partial charge in [0.25, 0.3) is 0 Å². The van der Waals surface area contributed by atoms with E-state index in [1.54, 1.807) is 24.5 Å². The van der Waals surface area contributed by atoms with Crippen LogP contribution in [0.15, 0.2) is 54.9 Å². The highest BCUT2D eigenvalue weighted by atomic mass is 16.7. The van der Waals surface area contributed by atoms with Crippen molar-refractivity contribution in [1.29, 1.82) is 0 Å². The third-order valence-electron chi connectivity index (χ3n) is 4.30. The van der Waals surface area contributed by atoms with E-state index in [2.05, 4.69) is 15.3 Å². The van der Waals surface area contributed by atoms with E-state index in [0.717, 1.165) is 28.3 Å². The molecule has 4 rings (SSSR count). The van der Waals surface area contributed by atoms with Gasteiger partial charge in [0.05, 0.1) is 0 Å². The number of aromatic nitrogens is 2. The quantitative estimate of drug-likeness (QED) is 0.702. The van der Waals surface area contributed by atoms with E-state index in [0.29, 0.717) is 18.6 Å². The van der Waals surface area contributed by atoms with Crippen LogP contribution in [-0.2, 0) is 11.2 Å². The van der Waals surface area contributed by atoms with E-state index in [4.69, 9.17) is 14.2 Å². The summed E-state index contributed by atoms with van der Waals surface area (Å²) in [5.41, 5.74) is 2.67. The van der Waals surface area contributed by atoms with Gasteiger partial charge < -0.3 is 19.5 Å². The van der Waals surface area contributed by atoms with Gasteiger partial charge in [0.2, 0.25) is 12.7 Å². The largest absolute Gasteiger partial charge is 0.454 e. The van der Waals surface area contributed by atoms with E-state index in [9.17, 15) is 4.79 Å². The number of ether oxygens (including phenoxy) is 3. The zero-order valence-corrected chi connectivity index (χ0v) is 15.3. The summed E-state index contributed by atoms with van der Waals surface area (Å²) >= 11 is 0. The molecule has 1 aliphatic rings. The maximum atomic E-state index is 12.3. The van der Waals surface area contributed by atoms with Crippen molar-refractivity contribution in [2.45, 2.75) is 19.8 Å². The number of carbonyl (C=O) groups excluding carboxylic acids is 1. The number of aryl methyl sites for hydroxylation is 2. The molecule has 0 saturated heterocycles. The van der Waals surface area contributed by atoms with Crippen molar-refractivity contribution in [1.82, 2.24) is 9.97 Å². The van der Waals surface area contributed by atoms with Crippen LogP contribution in [0, 0.1) is 6.92 Å². The maximum Gasteiger partial charge on any atom is 0.321 e. The molecule has 0 bridgehead atoms. The molecule has 0 unspecified atom stereocenters. The molecule has 1 aromatic heterocycles. The summed E-state index contributed by atoms with van der Waals surface area (Å²) in [6, 6.07) is 13.2. The minimum Gasteiger partial charge on any atom is -0.454 e. The molecule has 0 aliphatic carbocycles. The summed E-state index contributed by atoms with van der Waals surface area (Å²) in [7, 11) is 0. The van der Waals surface area contributed by atoms with Crippen molar-refractivity contribution in [3.8, 4) is 23.3 Å². The summed E-state index contributed by atoms with van der Waals surface area (Å²) in [5.74, 6) is 2.03. The van der Waals surface area contributed by atoms with E-state index < -0.39 is 0 Å². The number of amides is 1. The number of benzene rings is 2. The van der Waals surface area contributed by atoms with E-state index >= 15 is 0 Å². The Morgan fingerprint density at radius 3 is 2.75 bits per heavy atom. The van der Waals surface area contributed by atoms with Crippen LogP contribution < -0.4 is 19.5 Å². The molecule has 28 heavy (non-hydrogen) atoms. The topological polar surface area (TPSA) is 82.6 Å². The second-order valence-electron chi connectivity index (χ2n) is 6.35. The molecule has 0 atom stereocenters. The smallest absolute Gasteiger partial charge is 0.321 e. The summed E-state index contributed by atoms with van der Waals surface area (Å²) in [4.78, 5) is 20.4. The van der Waals surface area contributed by atoms with Crippen molar-refractivity contribution >= 4 is 11.6 Å². The minimum absolute atomic E-state index is 0.0548. The zero-order chi connectivity index (χ0) is 19.3. The summed E-state index contributed by atoms with van der Waals surface area (Å²) in [6.07, 6.45) is 4.22. The highest BCUT2D eigenvalue weighted by Gasteiger charge is 2.14. The lowest BCUT2D eigenvalue weighted by Gasteiger charge is -2.11. The van der Waals surface area contributed by atoms with Crippen molar-refractivity contribution in [3.63, 3.8) is 0 Å². The molecule has 3 aromatic rings. The van der Waals surface area contributed by atoms with Crippen LogP contribution in [0.5, 0.6) is 23.3 Å². The molecule has 0 radical (unpaired) electrons.